The van der Waals surface area contributed by atoms with Crippen LogP contribution in [-0.4, -0.2) is 38.5 Å². The Kier molecular flexibility index (Phi) is 4.04. The van der Waals surface area contributed by atoms with Crippen LogP contribution in [0.3, 0.4) is 0 Å². The van der Waals surface area contributed by atoms with Gasteiger partial charge in [0.15, 0.2) is 0 Å². The summed E-state index contributed by atoms with van der Waals surface area (Å²) < 4.78 is 0. The molecule has 1 heterocycles. The number of amides is 2. The fraction of sp³-hybridized carbons (Fsp3) is 0.429. The zero-order chi connectivity index (χ0) is 13.8. The van der Waals surface area contributed by atoms with Gasteiger partial charge in [0.1, 0.15) is 6.04 Å². The molecule has 2 N–H and O–H groups in total. The highest BCUT2D eigenvalue weighted by Crippen LogP contribution is 2.14. The monoisotopic (exact) mass is 261 g/mol. The fourth-order valence-corrected chi connectivity index (χ4v) is 2.08. The van der Waals surface area contributed by atoms with E-state index in [1.54, 1.807) is 6.07 Å². The molecule has 5 heteroatoms. The van der Waals surface area contributed by atoms with Gasteiger partial charge in [0.25, 0.3) is 5.91 Å². The predicted octanol–water partition coefficient (Wildman–Crippen LogP) is 0.761. The van der Waals surface area contributed by atoms with Crippen LogP contribution in [0.2, 0.25) is 0 Å². The molecule has 1 fully saturated rings. The van der Waals surface area contributed by atoms with Gasteiger partial charge < -0.3 is 15.5 Å². The lowest BCUT2D eigenvalue weighted by Gasteiger charge is -2.23. The number of hydrogen-bond donors (Lipinski definition) is 2. The minimum atomic E-state index is -0.413. The van der Waals surface area contributed by atoms with Gasteiger partial charge in [-0.2, -0.15) is 0 Å². The smallest absolute Gasteiger partial charge is 0.252 e. The average molecular weight is 261 g/mol. The fourth-order valence-electron chi connectivity index (χ4n) is 2.08. The van der Waals surface area contributed by atoms with Crippen molar-refractivity contribution in [3.63, 3.8) is 0 Å². The summed E-state index contributed by atoms with van der Waals surface area (Å²) >= 11 is 0. The van der Waals surface area contributed by atoms with Gasteiger partial charge in [-0.05, 0) is 31.0 Å². The van der Waals surface area contributed by atoms with Crippen LogP contribution in [0.1, 0.15) is 23.2 Å². The second-order valence-corrected chi connectivity index (χ2v) is 4.90. The van der Waals surface area contributed by atoms with Crippen molar-refractivity contribution in [2.75, 3.05) is 25.5 Å². The lowest BCUT2D eigenvalue weighted by atomic mass is 10.1. The molecule has 2 rings (SSSR count). The number of carbonyl (C=O) groups is 2. The highest BCUT2D eigenvalue weighted by Gasteiger charge is 2.23. The van der Waals surface area contributed by atoms with Gasteiger partial charge in [0.2, 0.25) is 5.91 Å². The topological polar surface area (TPSA) is 61.4 Å². The minimum Gasteiger partial charge on any atom is -0.378 e. The van der Waals surface area contributed by atoms with E-state index in [-0.39, 0.29) is 11.8 Å². The predicted molar refractivity (Wildman–Crippen MR) is 74.3 cm³/mol. The number of rotatable bonds is 3. The van der Waals surface area contributed by atoms with Crippen LogP contribution in [0.15, 0.2) is 24.3 Å². The van der Waals surface area contributed by atoms with Crippen molar-refractivity contribution < 1.29 is 9.59 Å². The molecule has 0 radical (unpaired) electrons. The van der Waals surface area contributed by atoms with E-state index in [2.05, 4.69) is 10.6 Å². The van der Waals surface area contributed by atoms with Crippen molar-refractivity contribution in [1.29, 1.82) is 0 Å². The molecule has 19 heavy (non-hydrogen) atoms. The number of anilines is 1. The maximum absolute atomic E-state index is 12.1. The summed E-state index contributed by atoms with van der Waals surface area (Å²) in [6.45, 7) is 0.696. The van der Waals surface area contributed by atoms with E-state index < -0.39 is 6.04 Å². The summed E-state index contributed by atoms with van der Waals surface area (Å²) in [5.41, 5.74) is 1.53. The molecule has 0 aromatic heterocycles. The molecule has 5 nitrogen and oxygen atoms in total. The molecule has 0 bridgehead atoms. The Hall–Kier alpha value is -2.04. The van der Waals surface area contributed by atoms with Crippen molar-refractivity contribution >= 4 is 17.5 Å². The van der Waals surface area contributed by atoms with Crippen LogP contribution in [0, 0.1) is 0 Å². The van der Waals surface area contributed by atoms with Crippen LogP contribution < -0.4 is 15.5 Å². The molecule has 1 aromatic rings. The minimum absolute atomic E-state index is 0.0941. The third-order valence-corrected chi connectivity index (χ3v) is 3.22. The molecule has 1 saturated heterocycles. The van der Waals surface area contributed by atoms with Crippen LogP contribution in [0.5, 0.6) is 0 Å². The van der Waals surface area contributed by atoms with Crippen molar-refractivity contribution in [2.45, 2.75) is 18.9 Å². The second-order valence-electron chi connectivity index (χ2n) is 4.90. The van der Waals surface area contributed by atoms with Crippen molar-refractivity contribution in [3.05, 3.63) is 29.8 Å². The Morgan fingerprint density at radius 3 is 2.89 bits per heavy atom. The zero-order valence-electron chi connectivity index (χ0n) is 11.3. The number of benzene rings is 1. The summed E-state index contributed by atoms with van der Waals surface area (Å²) in [5, 5.41) is 5.54. The van der Waals surface area contributed by atoms with Gasteiger partial charge in [-0.15, -0.1) is 0 Å². The molecule has 102 valence electrons. The van der Waals surface area contributed by atoms with Crippen LogP contribution in [-0.2, 0) is 4.79 Å². The number of carbonyl (C=O) groups excluding carboxylic acids is 2. The van der Waals surface area contributed by atoms with E-state index in [0.29, 0.717) is 18.5 Å². The first-order valence-corrected chi connectivity index (χ1v) is 6.44. The second kappa shape index (κ2) is 5.73. The summed E-state index contributed by atoms with van der Waals surface area (Å²) in [5.74, 6) is -0.297. The first kappa shape index (κ1) is 13.4. The molecule has 1 aromatic carbocycles. The normalized spacial score (nSPS) is 18.6. The van der Waals surface area contributed by atoms with Crippen LogP contribution in [0.25, 0.3) is 0 Å². The number of nitrogens with one attached hydrogen (secondary N) is 2. The van der Waals surface area contributed by atoms with E-state index in [9.17, 15) is 9.59 Å². The van der Waals surface area contributed by atoms with Gasteiger partial charge in [-0.3, -0.25) is 9.59 Å². The Balaban J connectivity index is 2.07. The van der Waals surface area contributed by atoms with Gasteiger partial charge >= 0.3 is 0 Å². The molecule has 1 aliphatic rings. The van der Waals surface area contributed by atoms with Crippen LogP contribution >= 0.6 is 0 Å². The summed E-state index contributed by atoms with van der Waals surface area (Å²) in [7, 11) is 3.84. The standard InChI is InChI=1S/C14H19N3O2/c1-17(2)11-6-3-5-10(9-11)13(18)16-12-7-4-8-15-14(12)19/h3,5-6,9,12H,4,7-8H2,1-2H3,(H,15,19)(H,16,18). The first-order chi connectivity index (χ1) is 9.08. The summed E-state index contributed by atoms with van der Waals surface area (Å²) in [4.78, 5) is 25.7. The molecular formula is C14H19N3O2. The molecular weight excluding hydrogens is 242 g/mol. The number of hydrogen-bond acceptors (Lipinski definition) is 3. The lowest BCUT2D eigenvalue weighted by Crippen LogP contribution is -2.50. The zero-order valence-corrected chi connectivity index (χ0v) is 11.3. The highest BCUT2D eigenvalue weighted by atomic mass is 16.2. The van der Waals surface area contributed by atoms with E-state index in [4.69, 9.17) is 0 Å². The quantitative estimate of drug-likeness (QED) is 0.844. The summed E-state index contributed by atoms with van der Waals surface area (Å²) in [6.07, 6.45) is 1.60. The first-order valence-electron chi connectivity index (χ1n) is 6.44. The third-order valence-electron chi connectivity index (χ3n) is 3.22. The van der Waals surface area contributed by atoms with Crippen molar-refractivity contribution in [3.8, 4) is 0 Å². The van der Waals surface area contributed by atoms with E-state index >= 15 is 0 Å². The third kappa shape index (κ3) is 3.24. The molecule has 1 aliphatic heterocycles. The van der Waals surface area contributed by atoms with Gasteiger partial charge in [0.05, 0.1) is 0 Å². The molecule has 1 atom stereocenters. The lowest BCUT2D eigenvalue weighted by molar-refractivity contribution is -0.124. The number of nitrogens with zero attached hydrogens (tertiary/aromatic N) is 1. The largest absolute Gasteiger partial charge is 0.378 e. The van der Waals surface area contributed by atoms with E-state index in [1.165, 1.54) is 0 Å². The Morgan fingerprint density at radius 2 is 2.21 bits per heavy atom. The number of piperidine rings is 1. The van der Waals surface area contributed by atoms with Gasteiger partial charge in [-0.25, -0.2) is 0 Å². The maximum atomic E-state index is 12.1. The molecule has 0 aliphatic carbocycles. The van der Waals surface area contributed by atoms with Crippen molar-refractivity contribution in [1.82, 2.24) is 10.6 Å². The average Bonchev–Trinajstić information content (AvgIpc) is 2.41. The van der Waals surface area contributed by atoms with Crippen LogP contribution in [0.4, 0.5) is 5.69 Å². The SMILES string of the molecule is CN(C)c1cccc(C(=O)NC2CCCNC2=O)c1. The van der Waals surface area contributed by atoms with E-state index in [1.807, 2.05) is 37.2 Å². The Labute approximate surface area is 113 Å². The maximum Gasteiger partial charge on any atom is 0.252 e. The molecule has 2 amide bonds. The Bertz CT molecular complexity index is 485. The molecule has 0 spiro atoms. The van der Waals surface area contributed by atoms with Crippen molar-refractivity contribution in [2.24, 2.45) is 0 Å². The summed E-state index contributed by atoms with van der Waals surface area (Å²) in [6, 6.07) is 6.93. The molecule has 0 saturated carbocycles. The van der Waals surface area contributed by atoms with Gasteiger partial charge in [0, 0.05) is 31.9 Å². The highest BCUT2D eigenvalue weighted by molar-refractivity contribution is 5.98. The van der Waals surface area contributed by atoms with Gasteiger partial charge in [-0.1, -0.05) is 6.07 Å². The Morgan fingerprint density at radius 1 is 1.42 bits per heavy atom. The molecule has 1 unspecified atom stereocenters. The van der Waals surface area contributed by atoms with E-state index in [0.717, 1.165) is 12.1 Å².